The van der Waals surface area contributed by atoms with Crippen molar-refractivity contribution < 1.29 is 14.4 Å². The first kappa shape index (κ1) is 14.3. The number of benzene rings is 1. The lowest BCUT2D eigenvalue weighted by Gasteiger charge is -2.19. The highest BCUT2D eigenvalue weighted by atomic mass is 16.7. The summed E-state index contributed by atoms with van der Waals surface area (Å²) in [5.41, 5.74) is 2.77. The van der Waals surface area contributed by atoms with Crippen LogP contribution >= 0.6 is 0 Å². The zero-order valence-electron chi connectivity index (χ0n) is 11.0. The van der Waals surface area contributed by atoms with Crippen molar-refractivity contribution in [3.05, 3.63) is 42.0 Å². The van der Waals surface area contributed by atoms with Gasteiger partial charge in [0, 0.05) is 0 Å². The van der Waals surface area contributed by atoms with Gasteiger partial charge in [0.25, 0.3) is 0 Å². The summed E-state index contributed by atoms with van der Waals surface area (Å²) in [6.45, 7) is 5.67. The Morgan fingerprint density at radius 2 is 1.94 bits per heavy atom. The van der Waals surface area contributed by atoms with Gasteiger partial charge in [-0.1, -0.05) is 42.5 Å². The Bertz CT molecular complexity index is 393. The maximum Gasteiger partial charge on any atom is 0.431 e. The van der Waals surface area contributed by atoms with Gasteiger partial charge in [-0.3, -0.25) is 4.84 Å². The molecule has 0 unspecified atom stereocenters. The Kier molecular flexibility index (Phi) is 5.39. The van der Waals surface area contributed by atoms with Crippen LogP contribution in [-0.4, -0.2) is 18.3 Å². The number of carbonyl (C=O) groups excluding carboxylic acids is 1. The predicted molar refractivity (Wildman–Crippen MR) is 70.8 cm³/mol. The Hall–Kier alpha value is -1.81. The quantitative estimate of drug-likeness (QED) is 0.658. The lowest BCUT2D eigenvalue weighted by atomic mass is 10.2. The van der Waals surface area contributed by atoms with Gasteiger partial charge in [0.2, 0.25) is 0 Å². The standard InChI is InChI=1S/C14H19NO3/c1-14(2,3)18-13(16)15-17-11-7-10-12-8-5-4-6-9-12/h4-10H,11H2,1-3H3,(H,15,16)/b10-7+. The van der Waals surface area contributed by atoms with E-state index in [1.807, 2.05) is 42.5 Å². The zero-order valence-corrected chi connectivity index (χ0v) is 11.0. The van der Waals surface area contributed by atoms with Crippen molar-refractivity contribution >= 4 is 12.2 Å². The maximum absolute atomic E-state index is 11.2. The van der Waals surface area contributed by atoms with Crippen molar-refractivity contribution in [3.63, 3.8) is 0 Å². The van der Waals surface area contributed by atoms with Gasteiger partial charge >= 0.3 is 6.09 Å². The molecule has 0 aliphatic heterocycles. The predicted octanol–water partition coefficient (Wildman–Crippen LogP) is 3.16. The van der Waals surface area contributed by atoms with Gasteiger partial charge in [-0.25, -0.2) is 4.79 Å². The second-order valence-corrected chi connectivity index (χ2v) is 4.73. The van der Waals surface area contributed by atoms with Crippen LogP contribution < -0.4 is 5.48 Å². The minimum atomic E-state index is -0.587. The Morgan fingerprint density at radius 3 is 2.56 bits per heavy atom. The first-order chi connectivity index (χ1) is 8.47. The Morgan fingerprint density at radius 1 is 1.28 bits per heavy atom. The fourth-order valence-corrected chi connectivity index (χ4v) is 1.20. The zero-order chi connectivity index (χ0) is 13.4. The second kappa shape index (κ2) is 6.81. The number of hydrogen-bond acceptors (Lipinski definition) is 3. The molecule has 0 aliphatic carbocycles. The molecular formula is C14H19NO3. The average molecular weight is 249 g/mol. The molecule has 0 heterocycles. The summed E-state index contributed by atoms with van der Waals surface area (Å²) in [7, 11) is 0. The normalized spacial score (nSPS) is 11.5. The smallest absolute Gasteiger partial charge is 0.431 e. The number of hydrogen-bond donors (Lipinski definition) is 1. The van der Waals surface area contributed by atoms with E-state index in [0.717, 1.165) is 5.56 Å². The monoisotopic (exact) mass is 249 g/mol. The van der Waals surface area contributed by atoms with Crippen LogP contribution in [0, 0.1) is 0 Å². The van der Waals surface area contributed by atoms with Crippen LogP contribution in [-0.2, 0) is 9.57 Å². The molecule has 18 heavy (non-hydrogen) atoms. The third-order valence-electron chi connectivity index (χ3n) is 1.84. The van der Waals surface area contributed by atoms with Gasteiger partial charge in [0.1, 0.15) is 5.60 Å². The van der Waals surface area contributed by atoms with Crippen LogP contribution in [0.15, 0.2) is 36.4 Å². The first-order valence-corrected chi connectivity index (χ1v) is 5.80. The first-order valence-electron chi connectivity index (χ1n) is 5.80. The average Bonchev–Trinajstić information content (AvgIpc) is 2.27. The summed E-state index contributed by atoms with van der Waals surface area (Å²) < 4.78 is 5.00. The largest absolute Gasteiger partial charge is 0.442 e. The fourth-order valence-electron chi connectivity index (χ4n) is 1.20. The van der Waals surface area contributed by atoms with Crippen molar-refractivity contribution in [1.29, 1.82) is 0 Å². The molecular weight excluding hydrogens is 230 g/mol. The molecule has 0 saturated carbocycles. The van der Waals surface area contributed by atoms with Crippen molar-refractivity contribution in [2.45, 2.75) is 26.4 Å². The fraction of sp³-hybridized carbons (Fsp3) is 0.357. The summed E-state index contributed by atoms with van der Waals surface area (Å²) in [5.74, 6) is 0. The lowest BCUT2D eigenvalue weighted by Crippen LogP contribution is -2.32. The molecule has 1 N–H and O–H groups in total. The van der Waals surface area contributed by atoms with Gasteiger partial charge in [-0.2, -0.15) is 5.48 Å². The molecule has 0 aliphatic rings. The van der Waals surface area contributed by atoms with Crippen molar-refractivity contribution in [2.75, 3.05) is 6.61 Å². The third kappa shape index (κ3) is 6.70. The van der Waals surface area contributed by atoms with Gasteiger partial charge < -0.3 is 4.74 Å². The van der Waals surface area contributed by atoms with Crippen LogP contribution in [0.2, 0.25) is 0 Å². The molecule has 1 rings (SSSR count). The summed E-state index contributed by atoms with van der Waals surface area (Å²) in [4.78, 5) is 16.2. The topological polar surface area (TPSA) is 47.6 Å². The summed E-state index contributed by atoms with van der Waals surface area (Å²) in [6.07, 6.45) is 3.14. The summed E-state index contributed by atoms with van der Waals surface area (Å²) >= 11 is 0. The van der Waals surface area contributed by atoms with E-state index >= 15 is 0 Å². The van der Waals surface area contributed by atoms with Gasteiger partial charge in [-0.05, 0) is 26.3 Å². The minimum Gasteiger partial charge on any atom is -0.442 e. The van der Waals surface area contributed by atoms with Crippen LogP contribution in [0.4, 0.5) is 4.79 Å². The van der Waals surface area contributed by atoms with Crippen LogP contribution in [0.1, 0.15) is 26.3 Å². The van der Waals surface area contributed by atoms with Crippen molar-refractivity contribution in [1.82, 2.24) is 5.48 Å². The highest BCUT2D eigenvalue weighted by Crippen LogP contribution is 2.06. The maximum atomic E-state index is 11.2. The number of hydroxylamine groups is 1. The van der Waals surface area contributed by atoms with Gasteiger partial charge in [0.15, 0.2) is 0 Å². The number of ether oxygens (including phenoxy) is 1. The molecule has 98 valence electrons. The van der Waals surface area contributed by atoms with E-state index in [0.29, 0.717) is 0 Å². The molecule has 0 atom stereocenters. The molecule has 1 aromatic carbocycles. The molecule has 0 spiro atoms. The van der Waals surface area contributed by atoms with E-state index in [9.17, 15) is 4.79 Å². The molecule has 0 bridgehead atoms. The number of nitrogens with one attached hydrogen (secondary N) is 1. The molecule has 0 aromatic heterocycles. The third-order valence-corrected chi connectivity index (χ3v) is 1.84. The number of rotatable bonds is 4. The lowest BCUT2D eigenvalue weighted by molar-refractivity contribution is 0.0000979. The van der Waals surface area contributed by atoms with Crippen molar-refractivity contribution in [2.24, 2.45) is 0 Å². The highest BCUT2D eigenvalue weighted by Gasteiger charge is 2.15. The molecule has 0 fully saturated rings. The highest BCUT2D eigenvalue weighted by molar-refractivity contribution is 5.66. The minimum absolute atomic E-state index is 0.286. The van der Waals surface area contributed by atoms with Gasteiger partial charge in [-0.15, -0.1) is 0 Å². The van der Waals surface area contributed by atoms with Crippen LogP contribution in [0.25, 0.3) is 6.08 Å². The number of amides is 1. The number of carbonyl (C=O) groups is 1. The second-order valence-electron chi connectivity index (χ2n) is 4.73. The Balaban J connectivity index is 2.19. The van der Waals surface area contributed by atoms with E-state index in [-0.39, 0.29) is 6.61 Å². The molecule has 0 radical (unpaired) electrons. The SMILES string of the molecule is CC(C)(C)OC(=O)NOC/C=C/c1ccccc1. The van der Waals surface area contributed by atoms with Crippen LogP contribution in [0.5, 0.6) is 0 Å². The summed E-state index contributed by atoms with van der Waals surface area (Å²) in [5, 5.41) is 0. The molecule has 4 heteroatoms. The molecule has 0 saturated heterocycles. The molecule has 4 nitrogen and oxygen atoms in total. The summed E-state index contributed by atoms with van der Waals surface area (Å²) in [6, 6.07) is 9.84. The van der Waals surface area contributed by atoms with E-state index in [4.69, 9.17) is 9.57 Å². The molecule has 1 aromatic rings. The van der Waals surface area contributed by atoms with E-state index in [2.05, 4.69) is 5.48 Å². The van der Waals surface area contributed by atoms with Gasteiger partial charge in [0.05, 0.1) is 6.61 Å². The van der Waals surface area contributed by atoms with Crippen LogP contribution in [0.3, 0.4) is 0 Å². The van der Waals surface area contributed by atoms with E-state index < -0.39 is 11.7 Å². The van der Waals surface area contributed by atoms with Crippen molar-refractivity contribution in [3.8, 4) is 0 Å². The Labute approximate surface area is 108 Å². The van der Waals surface area contributed by atoms with E-state index in [1.54, 1.807) is 20.8 Å². The molecule has 1 amide bonds. The van der Waals surface area contributed by atoms with E-state index in [1.165, 1.54) is 0 Å².